The Balaban J connectivity index is 2.68. The minimum atomic E-state index is -0.339. The molecule has 0 bridgehead atoms. The van der Waals surface area contributed by atoms with Crippen LogP contribution in [0, 0.1) is 23.6 Å². The quantitative estimate of drug-likeness (QED) is 0.814. The first-order valence-electron chi connectivity index (χ1n) is 5.74. The number of benzene rings is 1. The molecule has 0 spiro atoms. The van der Waals surface area contributed by atoms with E-state index in [2.05, 4.69) is 25.7 Å². The highest BCUT2D eigenvalue weighted by atomic mass is 19.1. The van der Waals surface area contributed by atoms with Crippen molar-refractivity contribution in [1.29, 1.82) is 0 Å². The lowest BCUT2D eigenvalue weighted by molar-refractivity contribution is 0.288. The van der Waals surface area contributed by atoms with Crippen LogP contribution in [-0.4, -0.2) is 13.2 Å². The van der Waals surface area contributed by atoms with Crippen molar-refractivity contribution in [2.24, 2.45) is 11.7 Å². The lowest BCUT2D eigenvalue weighted by Gasteiger charge is -2.08. The van der Waals surface area contributed by atoms with Gasteiger partial charge in [0, 0.05) is 11.6 Å². The highest BCUT2D eigenvalue weighted by Crippen LogP contribution is 2.16. The average molecular weight is 235 g/mol. The van der Waals surface area contributed by atoms with Crippen LogP contribution in [0.25, 0.3) is 0 Å². The van der Waals surface area contributed by atoms with E-state index in [0.717, 1.165) is 6.42 Å². The van der Waals surface area contributed by atoms with E-state index in [9.17, 15) is 4.39 Å². The topological polar surface area (TPSA) is 35.2 Å². The zero-order chi connectivity index (χ0) is 12.7. The molecule has 1 rings (SSSR count). The number of rotatable bonds is 4. The summed E-state index contributed by atoms with van der Waals surface area (Å²) in [4.78, 5) is 0. The van der Waals surface area contributed by atoms with Crippen molar-refractivity contribution in [3.05, 3.63) is 29.6 Å². The van der Waals surface area contributed by atoms with Crippen molar-refractivity contribution in [2.45, 2.75) is 20.3 Å². The van der Waals surface area contributed by atoms with Crippen LogP contribution >= 0.6 is 0 Å². The Kier molecular flexibility index (Phi) is 5.51. The Labute approximate surface area is 102 Å². The van der Waals surface area contributed by atoms with Gasteiger partial charge in [-0.25, -0.2) is 4.39 Å². The minimum Gasteiger partial charge on any atom is -0.493 e. The van der Waals surface area contributed by atoms with Gasteiger partial charge in [-0.05, 0) is 24.5 Å². The highest BCUT2D eigenvalue weighted by molar-refractivity contribution is 5.40. The largest absolute Gasteiger partial charge is 0.493 e. The fraction of sp³-hybridized carbons (Fsp3) is 0.429. The summed E-state index contributed by atoms with van der Waals surface area (Å²) < 4.78 is 18.7. The maximum atomic E-state index is 13.3. The van der Waals surface area contributed by atoms with Crippen LogP contribution in [0.3, 0.4) is 0 Å². The molecule has 2 N–H and O–H groups in total. The van der Waals surface area contributed by atoms with Gasteiger partial charge < -0.3 is 10.5 Å². The van der Waals surface area contributed by atoms with Gasteiger partial charge in [-0.15, -0.1) is 0 Å². The molecule has 1 aromatic carbocycles. The number of halogens is 1. The summed E-state index contributed by atoms with van der Waals surface area (Å²) in [5, 5.41) is 0. The maximum absolute atomic E-state index is 13.3. The Morgan fingerprint density at radius 3 is 2.76 bits per heavy atom. The van der Waals surface area contributed by atoms with E-state index in [1.807, 2.05) is 0 Å². The zero-order valence-electron chi connectivity index (χ0n) is 10.3. The minimum absolute atomic E-state index is 0.264. The monoisotopic (exact) mass is 235 g/mol. The molecule has 0 saturated carbocycles. The summed E-state index contributed by atoms with van der Waals surface area (Å²) >= 11 is 0. The fourth-order valence-electron chi connectivity index (χ4n) is 1.28. The Morgan fingerprint density at radius 2 is 2.12 bits per heavy atom. The van der Waals surface area contributed by atoms with Gasteiger partial charge in [0.2, 0.25) is 0 Å². The summed E-state index contributed by atoms with van der Waals surface area (Å²) in [7, 11) is 0. The SMILES string of the molecule is CC(C)CCOc1cc(F)cc(C#CCN)c1. The van der Waals surface area contributed by atoms with Gasteiger partial charge in [0.1, 0.15) is 11.6 Å². The van der Waals surface area contributed by atoms with E-state index in [4.69, 9.17) is 10.5 Å². The second-order valence-electron chi connectivity index (χ2n) is 4.21. The lowest BCUT2D eigenvalue weighted by atomic mass is 10.1. The first-order chi connectivity index (χ1) is 8.11. The van der Waals surface area contributed by atoms with E-state index in [0.29, 0.717) is 23.8 Å². The van der Waals surface area contributed by atoms with Crippen molar-refractivity contribution in [3.8, 4) is 17.6 Å². The van der Waals surface area contributed by atoms with E-state index in [1.54, 1.807) is 6.07 Å². The molecule has 2 nitrogen and oxygen atoms in total. The highest BCUT2D eigenvalue weighted by Gasteiger charge is 2.01. The van der Waals surface area contributed by atoms with Crippen molar-refractivity contribution >= 4 is 0 Å². The van der Waals surface area contributed by atoms with Crippen LogP contribution in [0.15, 0.2) is 18.2 Å². The molecular weight excluding hydrogens is 217 g/mol. The number of hydrogen-bond donors (Lipinski definition) is 1. The Morgan fingerprint density at radius 1 is 1.35 bits per heavy atom. The van der Waals surface area contributed by atoms with Gasteiger partial charge in [0.15, 0.2) is 0 Å². The van der Waals surface area contributed by atoms with Gasteiger partial charge in [-0.2, -0.15) is 0 Å². The van der Waals surface area contributed by atoms with Gasteiger partial charge in [0.25, 0.3) is 0 Å². The van der Waals surface area contributed by atoms with Gasteiger partial charge in [-0.1, -0.05) is 25.7 Å². The van der Waals surface area contributed by atoms with E-state index in [1.165, 1.54) is 12.1 Å². The molecule has 0 atom stereocenters. The lowest BCUT2D eigenvalue weighted by Crippen LogP contribution is -2.01. The molecule has 0 radical (unpaired) electrons. The summed E-state index contributed by atoms with van der Waals surface area (Å²) in [5.74, 6) is 6.23. The van der Waals surface area contributed by atoms with E-state index >= 15 is 0 Å². The summed E-state index contributed by atoms with van der Waals surface area (Å²) in [6.45, 7) is 5.09. The van der Waals surface area contributed by atoms with Crippen LogP contribution in [0.2, 0.25) is 0 Å². The van der Waals surface area contributed by atoms with E-state index < -0.39 is 0 Å². The molecule has 0 heterocycles. The van der Waals surface area contributed by atoms with Crippen molar-refractivity contribution in [2.75, 3.05) is 13.2 Å². The number of hydrogen-bond acceptors (Lipinski definition) is 2. The third kappa shape index (κ3) is 5.37. The molecule has 0 amide bonds. The molecule has 0 fully saturated rings. The van der Waals surface area contributed by atoms with Crippen molar-refractivity contribution < 1.29 is 9.13 Å². The molecule has 1 aromatic rings. The number of ether oxygens (including phenoxy) is 1. The Bertz CT molecular complexity index is 418. The van der Waals surface area contributed by atoms with Crippen LogP contribution in [0.5, 0.6) is 5.75 Å². The fourth-order valence-corrected chi connectivity index (χ4v) is 1.28. The molecule has 3 heteroatoms. The van der Waals surface area contributed by atoms with Gasteiger partial charge in [0.05, 0.1) is 13.2 Å². The zero-order valence-corrected chi connectivity index (χ0v) is 10.3. The molecule has 17 heavy (non-hydrogen) atoms. The predicted molar refractivity (Wildman–Crippen MR) is 67.3 cm³/mol. The molecule has 0 aliphatic carbocycles. The molecule has 0 saturated heterocycles. The van der Waals surface area contributed by atoms with Gasteiger partial charge in [-0.3, -0.25) is 0 Å². The molecule has 0 aliphatic heterocycles. The first-order valence-corrected chi connectivity index (χ1v) is 5.74. The van der Waals surface area contributed by atoms with Crippen LogP contribution in [0.1, 0.15) is 25.8 Å². The first kappa shape index (κ1) is 13.5. The standard InChI is InChI=1S/C14H18FNO/c1-11(2)5-7-17-14-9-12(4-3-6-16)8-13(15)10-14/h8-11H,5-7,16H2,1-2H3. The third-order valence-corrected chi connectivity index (χ3v) is 2.17. The molecule has 0 aromatic heterocycles. The van der Waals surface area contributed by atoms with Crippen molar-refractivity contribution in [3.63, 3.8) is 0 Å². The second kappa shape index (κ2) is 6.93. The normalized spacial score (nSPS) is 9.94. The summed E-state index contributed by atoms with van der Waals surface area (Å²) in [6, 6.07) is 4.47. The van der Waals surface area contributed by atoms with Crippen LogP contribution in [0.4, 0.5) is 4.39 Å². The van der Waals surface area contributed by atoms with Crippen LogP contribution in [-0.2, 0) is 0 Å². The van der Waals surface area contributed by atoms with Crippen molar-refractivity contribution in [1.82, 2.24) is 0 Å². The number of nitrogens with two attached hydrogens (primary N) is 1. The summed E-state index contributed by atoms with van der Waals surface area (Å²) in [6.07, 6.45) is 0.945. The molecular formula is C14H18FNO. The average Bonchev–Trinajstić information content (AvgIpc) is 2.25. The van der Waals surface area contributed by atoms with Crippen LogP contribution < -0.4 is 10.5 Å². The van der Waals surface area contributed by atoms with E-state index in [-0.39, 0.29) is 12.4 Å². The smallest absolute Gasteiger partial charge is 0.128 e. The predicted octanol–water partition coefficient (Wildman–Crippen LogP) is 2.56. The molecule has 0 unspecified atom stereocenters. The Hall–Kier alpha value is -1.53. The molecule has 92 valence electrons. The van der Waals surface area contributed by atoms with Gasteiger partial charge >= 0.3 is 0 Å². The second-order valence-corrected chi connectivity index (χ2v) is 4.21. The third-order valence-electron chi connectivity index (χ3n) is 2.17. The molecule has 0 aliphatic rings. The summed E-state index contributed by atoms with van der Waals surface area (Å²) in [5.41, 5.74) is 5.86. The maximum Gasteiger partial charge on any atom is 0.128 e.